The number of benzene rings is 4. The minimum absolute atomic E-state index is 0.571. The molecule has 46 heavy (non-hydrogen) atoms. The Labute approximate surface area is 271 Å². The molecule has 0 fully saturated rings. The average molecular weight is 605 g/mol. The van der Waals surface area contributed by atoms with Gasteiger partial charge in [0.25, 0.3) is 0 Å². The molecule has 0 spiro atoms. The molecular weight excluding hydrogens is 564 g/mol. The number of aromatic nitrogens is 4. The Morgan fingerprint density at radius 2 is 1.54 bits per heavy atom. The first kappa shape index (κ1) is 29.5. The maximum Gasteiger partial charge on any atom is 0.137 e. The molecule has 0 N–H and O–H groups in total. The fourth-order valence-corrected chi connectivity index (χ4v) is 6.70. The van der Waals surface area contributed by atoms with E-state index in [0.29, 0.717) is 5.92 Å². The van der Waals surface area contributed by atoms with Gasteiger partial charge in [-0.05, 0) is 102 Å². The second kappa shape index (κ2) is 12.3. The Morgan fingerprint density at radius 1 is 0.761 bits per heavy atom. The van der Waals surface area contributed by atoms with Gasteiger partial charge in [-0.1, -0.05) is 64.1 Å². The van der Waals surface area contributed by atoms with Crippen molar-refractivity contribution in [3.05, 3.63) is 132 Å². The van der Waals surface area contributed by atoms with Crippen molar-refractivity contribution in [1.82, 2.24) is 19.3 Å². The van der Waals surface area contributed by atoms with Crippen molar-refractivity contribution in [3.8, 4) is 34.1 Å². The molecule has 0 atom stereocenters. The van der Waals surface area contributed by atoms with Crippen molar-refractivity contribution >= 4 is 21.8 Å². The third-order valence-corrected chi connectivity index (χ3v) is 8.73. The molecule has 0 saturated carbocycles. The fourth-order valence-electron chi connectivity index (χ4n) is 6.70. The number of hydrogen-bond donors (Lipinski definition) is 0. The second-order valence-corrected chi connectivity index (χ2v) is 12.6. The normalized spacial score (nSPS) is 11.6. The highest BCUT2D eigenvalue weighted by atomic mass is 16.5. The second-order valence-electron chi connectivity index (χ2n) is 12.6. The molecule has 0 aliphatic heterocycles. The minimum atomic E-state index is 0.571. The van der Waals surface area contributed by atoms with Gasteiger partial charge in [0.1, 0.15) is 17.3 Å². The Hall–Kier alpha value is -5.16. The van der Waals surface area contributed by atoms with Gasteiger partial charge in [0.2, 0.25) is 0 Å². The molecule has 3 aromatic heterocycles. The fraction of sp³-hybridized carbons (Fsp3) is 0.220. The largest absolute Gasteiger partial charge is 0.457 e. The van der Waals surface area contributed by atoms with Crippen LogP contribution in [0.2, 0.25) is 0 Å². The summed E-state index contributed by atoms with van der Waals surface area (Å²) in [5.74, 6) is 3.04. The molecule has 5 heteroatoms. The molecule has 0 amide bonds. The Balaban J connectivity index is 1.26. The summed E-state index contributed by atoms with van der Waals surface area (Å²) >= 11 is 0. The van der Waals surface area contributed by atoms with Gasteiger partial charge in [-0.25, -0.2) is 9.67 Å². The van der Waals surface area contributed by atoms with E-state index in [1.807, 2.05) is 17.1 Å². The molecule has 230 valence electrons. The van der Waals surface area contributed by atoms with Crippen LogP contribution in [0.5, 0.6) is 11.5 Å². The molecule has 4 aromatic carbocycles. The van der Waals surface area contributed by atoms with Gasteiger partial charge in [-0.2, -0.15) is 5.10 Å². The molecular formula is C41H40N4O. The summed E-state index contributed by atoms with van der Waals surface area (Å²) in [5, 5.41) is 7.16. The lowest BCUT2D eigenvalue weighted by atomic mass is 9.94. The number of ether oxygens (including phenoxy) is 1. The molecule has 0 unspecified atom stereocenters. The van der Waals surface area contributed by atoms with Crippen molar-refractivity contribution in [2.24, 2.45) is 5.92 Å². The molecule has 0 aliphatic rings. The quantitative estimate of drug-likeness (QED) is 0.165. The van der Waals surface area contributed by atoms with Crippen LogP contribution in [0.25, 0.3) is 44.4 Å². The lowest BCUT2D eigenvalue weighted by molar-refractivity contribution is 0.482. The summed E-state index contributed by atoms with van der Waals surface area (Å²) in [7, 11) is 0. The van der Waals surface area contributed by atoms with Crippen LogP contribution in [0.4, 0.5) is 0 Å². The zero-order valence-corrected chi connectivity index (χ0v) is 27.3. The van der Waals surface area contributed by atoms with Crippen molar-refractivity contribution in [2.75, 3.05) is 0 Å². The summed E-state index contributed by atoms with van der Waals surface area (Å²) in [6.45, 7) is 11.0. The highest BCUT2D eigenvalue weighted by Crippen LogP contribution is 2.36. The first-order valence-electron chi connectivity index (χ1n) is 16.4. The first-order chi connectivity index (χ1) is 22.4. The standard InChI is InChI=1S/C41H40N4O/c1-6-30-11-10-12-31(7-2)41(30)32-25-43-44(26-32)33-20-28(5)21-35(23-33)46-34-15-16-37-36-13-8-9-14-38(36)45(39(37)24-34)40-22-29(17-18-42-40)19-27(3)4/h8-18,20-27H,6-7,19H2,1-5H3. The summed E-state index contributed by atoms with van der Waals surface area (Å²) in [4.78, 5) is 4.82. The van der Waals surface area contributed by atoms with Crippen molar-refractivity contribution in [1.29, 1.82) is 0 Å². The van der Waals surface area contributed by atoms with Gasteiger partial charge in [0, 0.05) is 40.9 Å². The molecule has 3 heterocycles. The van der Waals surface area contributed by atoms with Gasteiger partial charge in [-0.3, -0.25) is 4.57 Å². The maximum absolute atomic E-state index is 6.58. The van der Waals surface area contributed by atoms with E-state index in [1.54, 1.807) is 0 Å². The van der Waals surface area contributed by atoms with Crippen LogP contribution in [0.15, 0.2) is 110 Å². The van der Waals surface area contributed by atoms with Crippen LogP contribution in [-0.2, 0) is 19.3 Å². The molecule has 0 saturated heterocycles. The average Bonchev–Trinajstić information content (AvgIpc) is 3.67. The summed E-state index contributed by atoms with van der Waals surface area (Å²) in [6.07, 6.45) is 9.02. The van der Waals surface area contributed by atoms with Gasteiger partial charge in [0.05, 0.1) is 22.9 Å². The lowest BCUT2D eigenvalue weighted by Gasteiger charge is -2.12. The smallest absolute Gasteiger partial charge is 0.137 e. The van der Waals surface area contributed by atoms with Crippen LogP contribution in [0, 0.1) is 12.8 Å². The van der Waals surface area contributed by atoms with E-state index in [4.69, 9.17) is 14.8 Å². The lowest BCUT2D eigenvalue weighted by Crippen LogP contribution is -2.01. The van der Waals surface area contributed by atoms with Crippen LogP contribution < -0.4 is 4.74 Å². The van der Waals surface area contributed by atoms with Crippen molar-refractivity contribution in [3.63, 3.8) is 0 Å². The van der Waals surface area contributed by atoms with Crippen molar-refractivity contribution in [2.45, 2.75) is 53.9 Å². The third-order valence-electron chi connectivity index (χ3n) is 8.73. The number of rotatable bonds is 9. The molecule has 7 rings (SSSR count). The topological polar surface area (TPSA) is 44.9 Å². The highest BCUT2D eigenvalue weighted by molar-refractivity contribution is 6.09. The number of nitrogens with zero attached hydrogens (tertiary/aromatic N) is 4. The Morgan fingerprint density at radius 3 is 2.33 bits per heavy atom. The molecule has 0 radical (unpaired) electrons. The zero-order chi connectivity index (χ0) is 31.8. The Kier molecular flexibility index (Phi) is 7.91. The Bertz CT molecular complexity index is 2160. The van der Waals surface area contributed by atoms with Gasteiger partial charge >= 0.3 is 0 Å². The summed E-state index contributed by atoms with van der Waals surface area (Å²) < 4.78 is 10.8. The van der Waals surface area contributed by atoms with Crippen molar-refractivity contribution < 1.29 is 4.74 Å². The highest BCUT2D eigenvalue weighted by Gasteiger charge is 2.16. The monoisotopic (exact) mass is 604 g/mol. The summed E-state index contributed by atoms with van der Waals surface area (Å²) in [5.41, 5.74) is 10.7. The SMILES string of the molecule is CCc1cccc(CC)c1-c1cnn(-c2cc(C)cc(Oc3ccc4c5ccccc5n(-c5cc(CC(C)C)ccn5)c4c3)c2)c1. The van der Waals surface area contributed by atoms with Gasteiger partial charge in [0.15, 0.2) is 0 Å². The van der Waals surface area contributed by atoms with E-state index in [-0.39, 0.29) is 0 Å². The van der Waals surface area contributed by atoms with Gasteiger partial charge < -0.3 is 4.74 Å². The zero-order valence-electron chi connectivity index (χ0n) is 27.3. The van der Waals surface area contributed by atoms with Crippen LogP contribution in [0.1, 0.15) is 49.9 Å². The van der Waals surface area contributed by atoms with E-state index in [9.17, 15) is 0 Å². The predicted octanol–water partition coefficient (Wildman–Crippen LogP) is 10.5. The van der Waals surface area contributed by atoms with E-state index < -0.39 is 0 Å². The first-order valence-corrected chi connectivity index (χ1v) is 16.4. The molecule has 5 nitrogen and oxygen atoms in total. The number of hydrogen-bond acceptors (Lipinski definition) is 3. The van der Waals surface area contributed by atoms with Crippen LogP contribution in [0.3, 0.4) is 0 Å². The number of pyridine rings is 1. The maximum atomic E-state index is 6.58. The van der Waals surface area contributed by atoms with E-state index >= 15 is 0 Å². The molecule has 0 aliphatic carbocycles. The predicted molar refractivity (Wildman–Crippen MR) is 190 cm³/mol. The minimum Gasteiger partial charge on any atom is -0.457 e. The summed E-state index contributed by atoms with van der Waals surface area (Å²) in [6, 6.07) is 32.1. The van der Waals surface area contributed by atoms with E-state index in [2.05, 4.69) is 136 Å². The van der Waals surface area contributed by atoms with Gasteiger partial charge in [-0.15, -0.1) is 0 Å². The number of fused-ring (bicyclic) bond motifs is 3. The molecule has 0 bridgehead atoms. The number of aryl methyl sites for hydroxylation is 3. The molecule has 7 aromatic rings. The third kappa shape index (κ3) is 5.58. The van der Waals surface area contributed by atoms with E-state index in [1.165, 1.54) is 33.0 Å². The number of para-hydroxylation sites is 1. The van der Waals surface area contributed by atoms with Crippen LogP contribution >= 0.6 is 0 Å². The van der Waals surface area contributed by atoms with Crippen LogP contribution in [-0.4, -0.2) is 19.3 Å². The van der Waals surface area contributed by atoms with E-state index in [0.717, 1.165) is 64.4 Å².